The smallest absolute Gasteiger partial charge is 0.218 e. The van der Waals surface area contributed by atoms with Gasteiger partial charge in [-0.2, -0.15) is 0 Å². The van der Waals surface area contributed by atoms with Crippen LogP contribution in [0, 0.1) is 5.21 Å². The molecule has 0 bridgehead atoms. The van der Waals surface area contributed by atoms with Gasteiger partial charge in [0.25, 0.3) is 0 Å². The minimum atomic E-state index is -1.10. The van der Waals surface area contributed by atoms with Gasteiger partial charge in [0, 0.05) is 30.4 Å². The number of amides is 1. The molecule has 2 atom stereocenters. The van der Waals surface area contributed by atoms with Crippen LogP contribution in [0.2, 0.25) is 0 Å². The fourth-order valence-corrected chi connectivity index (χ4v) is 4.64. The highest BCUT2D eigenvalue weighted by Gasteiger charge is 2.39. The lowest BCUT2D eigenvalue weighted by molar-refractivity contribution is -0.118. The van der Waals surface area contributed by atoms with E-state index in [9.17, 15) is 14.8 Å². The summed E-state index contributed by atoms with van der Waals surface area (Å²) in [7, 11) is 0. The van der Waals surface area contributed by atoms with Crippen LogP contribution in [-0.2, 0) is 4.79 Å². The Morgan fingerprint density at radius 2 is 2.03 bits per heavy atom. The van der Waals surface area contributed by atoms with Crippen LogP contribution >= 0.6 is 0 Å². The second kappa shape index (κ2) is 9.56. The molecule has 2 unspecified atom stereocenters. The van der Waals surface area contributed by atoms with Crippen molar-refractivity contribution in [2.45, 2.75) is 63.5 Å². The van der Waals surface area contributed by atoms with E-state index in [-0.39, 0.29) is 29.6 Å². The van der Waals surface area contributed by atoms with Crippen LogP contribution in [0.15, 0.2) is 36.7 Å². The number of nitrogens with zero attached hydrogens (tertiary/aromatic N) is 2. The Morgan fingerprint density at radius 1 is 1.25 bits per heavy atom. The number of ketones is 1. The summed E-state index contributed by atoms with van der Waals surface area (Å²) in [5, 5.41) is 13.7. The maximum atomic E-state index is 13.1. The highest BCUT2D eigenvalue weighted by Crippen LogP contribution is 2.41. The lowest BCUT2D eigenvalue weighted by Gasteiger charge is -2.37. The van der Waals surface area contributed by atoms with Crippen molar-refractivity contribution in [2.75, 3.05) is 11.7 Å². The van der Waals surface area contributed by atoms with Crippen molar-refractivity contribution in [3.8, 4) is 11.5 Å². The molecule has 32 heavy (non-hydrogen) atoms. The van der Waals surface area contributed by atoms with Gasteiger partial charge in [-0.25, -0.2) is 0 Å². The quantitative estimate of drug-likeness (QED) is 0.667. The van der Waals surface area contributed by atoms with Gasteiger partial charge < -0.3 is 25.5 Å². The molecule has 1 fully saturated rings. The predicted octanol–water partition coefficient (Wildman–Crippen LogP) is 3.72. The molecule has 2 heterocycles. The molecule has 2 aromatic rings. The Morgan fingerprint density at radius 3 is 2.72 bits per heavy atom. The Bertz CT molecular complexity index is 989. The Balaban J connectivity index is 1.67. The average Bonchev–Trinajstić information content (AvgIpc) is 3.04. The van der Waals surface area contributed by atoms with E-state index in [0.717, 1.165) is 25.7 Å². The summed E-state index contributed by atoms with van der Waals surface area (Å²) in [6.45, 7) is 2.31. The first kappa shape index (κ1) is 22.1. The van der Waals surface area contributed by atoms with E-state index in [1.165, 1.54) is 24.9 Å². The number of hydroxylamine groups is 1. The number of fused-ring (bicyclic) bond motifs is 1. The Hall–Kier alpha value is -3.13. The molecule has 2 aliphatic rings. The van der Waals surface area contributed by atoms with Crippen LogP contribution in [0.25, 0.3) is 0 Å². The van der Waals surface area contributed by atoms with Crippen LogP contribution in [0.1, 0.15) is 67.3 Å². The largest absolute Gasteiger partial charge is 0.758 e. The molecule has 1 aromatic heterocycles. The SMILES string of the molecule is CCOc1cc(C(CC(N)=O)C2C(=O)c3cnccc3N2[O-])ccc1OC1CCCCC1. The molecule has 1 aliphatic heterocycles. The zero-order valence-electron chi connectivity index (χ0n) is 18.2. The van der Waals surface area contributed by atoms with Crippen molar-refractivity contribution < 1.29 is 19.1 Å². The van der Waals surface area contributed by atoms with Gasteiger partial charge in [0.1, 0.15) is 0 Å². The number of Topliss-reactive ketones (excluding diaryl/α,β-unsaturated/α-hetero) is 1. The first-order chi connectivity index (χ1) is 15.5. The summed E-state index contributed by atoms with van der Waals surface area (Å²) >= 11 is 0. The third kappa shape index (κ3) is 4.41. The van der Waals surface area contributed by atoms with Crippen molar-refractivity contribution in [1.82, 2.24) is 4.98 Å². The van der Waals surface area contributed by atoms with Crippen LogP contribution in [-0.4, -0.2) is 35.4 Å². The molecular weight excluding hydrogens is 410 g/mol. The fourth-order valence-electron chi connectivity index (χ4n) is 4.64. The van der Waals surface area contributed by atoms with Crippen LogP contribution < -0.4 is 20.3 Å². The van der Waals surface area contributed by atoms with Crippen molar-refractivity contribution in [3.05, 3.63) is 53.0 Å². The van der Waals surface area contributed by atoms with Gasteiger partial charge in [0.05, 0.1) is 24.3 Å². The summed E-state index contributed by atoms with van der Waals surface area (Å²) in [5.41, 5.74) is 6.64. The molecule has 1 saturated carbocycles. The molecule has 1 aromatic carbocycles. The monoisotopic (exact) mass is 438 g/mol. The van der Waals surface area contributed by atoms with E-state index >= 15 is 0 Å². The molecule has 0 saturated heterocycles. The fraction of sp³-hybridized carbons (Fsp3) is 0.458. The number of benzene rings is 1. The van der Waals surface area contributed by atoms with Crippen molar-refractivity contribution in [2.24, 2.45) is 5.73 Å². The lowest BCUT2D eigenvalue weighted by atomic mass is 9.86. The molecule has 8 heteroatoms. The third-order valence-corrected chi connectivity index (χ3v) is 6.17. The number of nitrogens with two attached hydrogens (primary N) is 1. The third-order valence-electron chi connectivity index (χ3n) is 6.17. The van der Waals surface area contributed by atoms with E-state index in [2.05, 4.69) is 4.98 Å². The highest BCUT2D eigenvalue weighted by atomic mass is 16.5. The van der Waals surface area contributed by atoms with Crippen molar-refractivity contribution in [1.29, 1.82) is 0 Å². The molecule has 170 valence electrons. The van der Waals surface area contributed by atoms with Crippen molar-refractivity contribution >= 4 is 17.4 Å². The minimum absolute atomic E-state index is 0.144. The van der Waals surface area contributed by atoms with E-state index in [0.29, 0.717) is 28.7 Å². The lowest BCUT2D eigenvalue weighted by Crippen LogP contribution is -2.38. The number of carbonyl (C=O) groups excluding carboxylic acids is 2. The van der Waals surface area contributed by atoms with Gasteiger partial charge in [0.15, 0.2) is 17.3 Å². The Labute approximate surface area is 187 Å². The number of hydrogen-bond acceptors (Lipinski definition) is 7. The van der Waals surface area contributed by atoms with Crippen LogP contribution in [0.5, 0.6) is 11.5 Å². The second-order valence-electron chi connectivity index (χ2n) is 8.32. The van der Waals surface area contributed by atoms with Crippen molar-refractivity contribution in [3.63, 3.8) is 0 Å². The Kier molecular flexibility index (Phi) is 6.60. The van der Waals surface area contributed by atoms with Gasteiger partial charge >= 0.3 is 0 Å². The van der Waals surface area contributed by atoms with Gasteiger partial charge in [-0.15, -0.1) is 0 Å². The van der Waals surface area contributed by atoms with E-state index in [1.807, 2.05) is 6.92 Å². The summed E-state index contributed by atoms with van der Waals surface area (Å²) in [6.07, 6.45) is 8.38. The molecule has 2 N–H and O–H groups in total. The van der Waals surface area contributed by atoms with E-state index in [4.69, 9.17) is 15.2 Å². The number of primary amides is 1. The molecule has 1 aliphatic carbocycles. The van der Waals surface area contributed by atoms with Gasteiger partial charge in [-0.1, -0.05) is 12.5 Å². The maximum Gasteiger partial charge on any atom is 0.218 e. The predicted molar refractivity (Wildman–Crippen MR) is 120 cm³/mol. The van der Waals surface area contributed by atoms with Gasteiger partial charge in [-0.05, 0) is 56.4 Å². The number of rotatable bonds is 8. The average molecular weight is 439 g/mol. The van der Waals surface area contributed by atoms with Gasteiger partial charge in [-0.3, -0.25) is 14.6 Å². The standard InChI is InChI=1S/C24H28N3O5/c1-2-31-21-12-15(8-9-20(21)32-16-6-4-3-5-7-16)17(13-22(25)28)23-24(29)18-14-26-11-10-19(18)27(23)30/h8-12,14,16-17,23H,2-7,13H2,1H3,(H2,25,28)/q-1. The number of hydrogen-bond donors (Lipinski definition) is 1. The number of pyridine rings is 1. The molecule has 0 radical (unpaired) electrons. The first-order valence-corrected chi connectivity index (χ1v) is 11.2. The summed E-state index contributed by atoms with van der Waals surface area (Å²) in [6, 6.07) is 5.76. The summed E-state index contributed by atoms with van der Waals surface area (Å²) in [5.74, 6) is -0.523. The normalized spacial score (nSPS) is 19.5. The molecule has 1 amide bonds. The highest BCUT2D eigenvalue weighted by molar-refractivity contribution is 6.11. The molecular formula is C24H28N3O5-. The molecule has 8 nitrogen and oxygen atoms in total. The number of ether oxygens (including phenoxy) is 2. The molecule has 0 spiro atoms. The molecule has 4 rings (SSSR count). The number of carbonyl (C=O) groups is 2. The van der Waals surface area contributed by atoms with E-state index in [1.54, 1.807) is 18.2 Å². The minimum Gasteiger partial charge on any atom is -0.758 e. The second-order valence-corrected chi connectivity index (χ2v) is 8.32. The number of anilines is 1. The van der Waals surface area contributed by atoms with Crippen LogP contribution in [0.3, 0.4) is 0 Å². The number of aromatic nitrogens is 1. The zero-order chi connectivity index (χ0) is 22.7. The van der Waals surface area contributed by atoms with E-state index < -0.39 is 17.9 Å². The van der Waals surface area contributed by atoms with Gasteiger partial charge in [0.2, 0.25) is 5.91 Å². The topological polar surface area (TPSA) is 118 Å². The first-order valence-electron chi connectivity index (χ1n) is 11.2. The van der Waals surface area contributed by atoms with Crippen LogP contribution in [0.4, 0.5) is 5.69 Å². The summed E-state index contributed by atoms with van der Waals surface area (Å²) < 4.78 is 12.0. The maximum absolute atomic E-state index is 13.1. The zero-order valence-corrected chi connectivity index (χ0v) is 18.2. The summed E-state index contributed by atoms with van der Waals surface area (Å²) in [4.78, 5) is 28.9.